The van der Waals surface area contributed by atoms with Gasteiger partial charge in [-0.15, -0.1) is 0 Å². The molecule has 106 valence electrons. The van der Waals surface area contributed by atoms with Crippen LogP contribution in [0.25, 0.3) is 0 Å². The predicted molar refractivity (Wildman–Crippen MR) is 69.1 cm³/mol. The third-order valence-electron chi connectivity index (χ3n) is 3.33. The average Bonchev–Trinajstić information content (AvgIpc) is 3.08. The lowest BCUT2D eigenvalue weighted by molar-refractivity contribution is 0.0519. The van der Waals surface area contributed by atoms with Gasteiger partial charge in [-0.05, 0) is 19.8 Å². The first-order valence-corrected chi connectivity index (χ1v) is 6.76. The monoisotopic (exact) mass is 268 g/mol. The Morgan fingerprint density at radius 2 is 2.32 bits per heavy atom. The number of carbonyl (C=O) groups is 1. The first-order valence-electron chi connectivity index (χ1n) is 6.76. The van der Waals surface area contributed by atoms with Crippen molar-refractivity contribution in [3.05, 3.63) is 12.0 Å². The van der Waals surface area contributed by atoms with E-state index in [0.717, 1.165) is 12.8 Å². The van der Waals surface area contributed by atoms with Crippen molar-refractivity contribution < 1.29 is 19.1 Å². The van der Waals surface area contributed by atoms with E-state index in [4.69, 9.17) is 14.3 Å². The van der Waals surface area contributed by atoms with E-state index in [-0.39, 0.29) is 12.3 Å². The number of anilines is 1. The predicted octanol–water partition coefficient (Wildman–Crippen LogP) is 1.59. The zero-order valence-corrected chi connectivity index (χ0v) is 11.2. The number of aliphatic hydroxyl groups is 1. The molecule has 1 aliphatic rings. The van der Waals surface area contributed by atoms with Gasteiger partial charge in [0.2, 0.25) is 0 Å². The van der Waals surface area contributed by atoms with Crippen LogP contribution in [0.5, 0.6) is 0 Å². The number of aliphatic hydroxyl groups excluding tert-OH is 1. The molecule has 0 spiro atoms. The van der Waals surface area contributed by atoms with E-state index in [1.165, 1.54) is 19.1 Å². The van der Waals surface area contributed by atoms with Crippen LogP contribution < -0.4 is 4.90 Å². The van der Waals surface area contributed by atoms with Gasteiger partial charge in [-0.3, -0.25) is 0 Å². The summed E-state index contributed by atoms with van der Waals surface area (Å²) in [5.41, 5.74) is 0.179. The third kappa shape index (κ3) is 3.26. The highest BCUT2D eigenvalue weighted by Crippen LogP contribution is 2.27. The number of carbonyl (C=O) groups excluding carboxylic acids is 1. The fraction of sp³-hybridized carbons (Fsp3) is 0.692. The molecule has 0 radical (unpaired) electrons. The fourth-order valence-corrected chi connectivity index (χ4v) is 2.45. The minimum absolute atomic E-state index is 0.0353. The number of hydrogen-bond acceptors (Lipinski definition) is 6. The highest BCUT2D eigenvalue weighted by molar-refractivity contribution is 5.87. The molecule has 1 aliphatic carbocycles. The van der Waals surface area contributed by atoms with E-state index >= 15 is 0 Å². The minimum atomic E-state index is -0.479. The third-order valence-corrected chi connectivity index (χ3v) is 3.33. The Morgan fingerprint density at radius 1 is 1.58 bits per heavy atom. The summed E-state index contributed by atoms with van der Waals surface area (Å²) < 4.78 is 10.2. The SMILES string of the molecule is CCOC(=O)c1coc(N(CCO)C2CCCC2)n1. The molecule has 1 aromatic rings. The zero-order chi connectivity index (χ0) is 13.7. The van der Waals surface area contributed by atoms with Crippen LogP contribution in [0.1, 0.15) is 43.1 Å². The molecule has 0 saturated heterocycles. The summed E-state index contributed by atoms with van der Waals surface area (Å²) in [6.45, 7) is 2.56. The lowest BCUT2D eigenvalue weighted by Crippen LogP contribution is -2.36. The second kappa shape index (κ2) is 6.56. The number of hydrogen-bond donors (Lipinski definition) is 1. The number of esters is 1. The van der Waals surface area contributed by atoms with Crippen LogP contribution in [-0.2, 0) is 4.74 Å². The highest BCUT2D eigenvalue weighted by Gasteiger charge is 2.26. The number of ether oxygens (including phenoxy) is 1. The van der Waals surface area contributed by atoms with Gasteiger partial charge in [0.15, 0.2) is 5.69 Å². The number of rotatable bonds is 6. The molecule has 6 heteroatoms. The molecular weight excluding hydrogens is 248 g/mol. The lowest BCUT2D eigenvalue weighted by Gasteiger charge is -2.26. The molecule has 1 N–H and O–H groups in total. The van der Waals surface area contributed by atoms with E-state index in [0.29, 0.717) is 25.2 Å². The molecule has 0 unspecified atom stereocenters. The van der Waals surface area contributed by atoms with Crippen LogP contribution in [0, 0.1) is 0 Å². The summed E-state index contributed by atoms with van der Waals surface area (Å²) in [5, 5.41) is 9.16. The van der Waals surface area contributed by atoms with Gasteiger partial charge < -0.3 is 19.2 Å². The van der Waals surface area contributed by atoms with Crippen molar-refractivity contribution in [2.45, 2.75) is 38.6 Å². The van der Waals surface area contributed by atoms with Crippen molar-refractivity contribution >= 4 is 12.0 Å². The summed E-state index contributed by atoms with van der Waals surface area (Å²) in [7, 11) is 0. The molecule has 1 aromatic heterocycles. The first-order chi connectivity index (χ1) is 9.26. The molecule has 6 nitrogen and oxygen atoms in total. The van der Waals surface area contributed by atoms with Gasteiger partial charge in [0.1, 0.15) is 6.26 Å². The van der Waals surface area contributed by atoms with Crippen LogP contribution in [0.15, 0.2) is 10.7 Å². The van der Waals surface area contributed by atoms with E-state index < -0.39 is 5.97 Å². The summed E-state index contributed by atoms with van der Waals surface area (Å²) in [6.07, 6.45) is 5.80. The van der Waals surface area contributed by atoms with Crippen molar-refractivity contribution in [1.82, 2.24) is 4.98 Å². The fourth-order valence-electron chi connectivity index (χ4n) is 2.45. The number of oxazole rings is 1. The second-order valence-electron chi connectivity index (χ2n) is 4.59. The number of nitrogens with zero attached hydrogens (tertiary/aromatic N) is 2. The van der Waals surface area contributed by atoms with Gasteiger partial charge in [0.05, 0.1) is 13.2 Å². The first kappa shape index (κ1) is 13.9. The Bertz CT molecular complexity index is 413. The van der Waals surface area contributed by atoms with E-state index in [2.05, 4.69) is 4.98 Å². The molecule has 1 heterocycles. The highest BCUT2D eigenvalue weighted by atomic mass is 16.5. The Hall–Kier alpha value is -1.56. The molecule has 0 amide bonds. The van der Waals surface area contributed by atoms with E-state index in [1.807, 2.05) is 4.90 Å². The van der Waals surface area contributed by atoms with E-state index in [1.54, 1.807) is 6.92 Å². The Morgan fingerprint density at radius 3 is 2.95 bits per heavy atom. The molecule has 19 heavy (non-hydrogen) atoms. The van der Waals surface area contributed by atoms with Gasteiger partial charge >= 0.3 is 5.97 Å². The van der Waals surface area contributed by atoms with Crippen LogP contribution in [0.3, 0.4) is 0 Å². The van der Waals surface area contributed by atoms with Gasteiger partial charge in [-0.25, -0.2) is 4.79 Å². The molecule has 0 aromatic carbocycles. The number of aromatic nitrogens is 1. The molecule has 0 bridgehead atoms. The maximum absolute atomic E-state index is 11.5. The zero-order valence-electron chi connectivity index (χ0n) is 11.2. The maximum Gasteiger partial charge on any atom is 0.360 e. The smallest absolute Gasteiger partial charge is 0.360 e. The van der Waals surface area contributed by atoms with Crippen molar-refractivity contribution in [3.8, 4) is 0 Å². The molecular formula is C13H20N2O4. The van der Waals surface area contributed by atoms with Crippen LogP contribution >= 0.6 is 0 Å². The molecule has 1 fully saturated rings. The van der Waals surface area contributed by atoms with Gasteiger partial charge in [0, 0.05) is 12.6 Å². The normalized spacial score (nSPS) is 15.7. The molecule has 1 saturated carbocycles. The summed E-state index contributed by atoms with van der Waals surface area (Å²) in [6, 6.07) is 0.727. The minimum Gasteiger partial charge on any atom is -0.461 e. The van der Waals surface area contributed by atoms with Crippen LogP contribution in [0.2, 0.25) is 0 Å². The molecule has 0 atom stereocenters. The Kier molecular flexibility index (Phi) is 4.79. The lowest BCUT2D eigenvalue weighted by atomic mass is 10.2. The van der Waals surface area contributed by atoms with Gasteiger partial charge in [-0.2, -0.15) is 4.98 Å². The standard InChI is InChI=1S/C13H20N2O4/c1-2-18-12(17)11-9-19-13(14-11)15(7-8-16)10-5-3-4-6-10/h9-10,16H,2-8H2,1H3. The quantitative estimate of drug-likeness (QED) is 0.790. The maximum atomic E-state index is 11.5. The van der Waals surface area contributed by atoms with E-state index in [9.17, 15) is 4.79 Å². The van der Waals surface area contributed by atoms with Gasteiger partial charge in [0.25, 0.3) is 6.01 Å². The summed E-state index contributed by atoms with van der Waals surface area (Å²) in [5.74, 6) is -0.479. The van der Waals surface area contributed by atoms with Crippen molar-refractivity contribution in [3.63, 3.8) is 0 Å². The average molecular weight is 268 g/mol. The van der Waals surface area contributed by atoms with Crippen molar-refractivity contribution in [1.29, 1.82) is 0 Å². The summed E-state index contributed by atoms with van der Waals surface area (Å²) >= 11 is 0. The van der Waals surface area contributed by atoms with Crippen LogP contribution in [0.4, 0.5) is 6.01 Å². The Balaban J connectivity index is 2.10. The topological polar surface area (TPSA) is 75.8 Å². The Labute approximate surface area is 112 Å². The molecule has 2 rings (SSSR count). The van der Waals surface area contributed by atoms with Gasteiger partial charge in [-0.1, -0.05) is 12.8 Å². The van der Waals surface area contributed by atoms with Crippen molar-refractivity contribution in [2.75, 3.05) is 24.7 Å². The van der Waals surface area contributed by atoms with Crippen molar-refractivity contribution in [2.24, 2.45) is 0 Å². The summed E-state index contributed by atoms with van der Waals surface area (Å²) in [4.78, 5) is 17.7. The van der Waals surface area contributed by atoms with Crippen LogP contribution in [-0.4, -0.2) is 41.9 Å². The molecule has 0 aliphatic heterocycles. The largest absolute Gasteiger partial charge is 0.461 e. The second-order valence-corrected chi connectivity index (χ2v) is 4.59.